The van der Waals surface area contributed by atoms with E-state index in [1.165, 1.54) is 22.9 Å². The van der Waals surface area contributed by atoms with Gasteiger partial charge < -0.3 is 20.2 Å². The second-order valence-electron chi connectivity index (χ2n) is 7.92. The third kappa shape index (κ3) is 3.47. The summed E-state index contributed by atoms with van der Waals surface area (Å²) in [6.45, 7) is 8.22. The SMILES string of the molecule is [C-]#[N+][C@@H]1CCN(c2ccn(-c3cc(-c4c(F)cccc4C#N)nc4c3C(=O)NC4)n2)C[C@H]1O. The minimum atomic E-state index is -0.769. The predicted molar refractivity (Wildman–Crippen MR) is 116 cm³/mol. The summed E-state index contributed by atoms with van der Waals surface area (Å²) >= 11 is 0. The largest absolute Gasteiger partial charge is 0.383 e. The van der Waals surface area contributed by atoms with Crippen molar-refractivity contribution in [1.82, 2.24) is 20.1 Å². The molecule has 2 aliphatic heterocycles. The Balaban J connectivity index is 1.58. The maximum atomic E-state index is 14.7. The van der Waals surface area contributed by atoms with Crippen LogP contribution in [-0.2, 0) is 6.54 Å². The van der Waals surface area contributed by atoms with Crippen LogP contribution in [0.1, 0.15) is 28.0 Å². The number of amides is 1. The highest BCUT2D eigenvalue weighted by Crippen LogP contribution is 2.32. The van der Waals surface area contributed by atoms with E-state index in [1.54, 1.807) is 18.3 Å². The molecule has 0 unspecified atom stereocenters. The van der Waals surface area contributed by atoms with E-state index in [2.05, 4.69) is 20.2 Å². The van der Waals surface area contributed by atoms with Crippen molar-refractivity contribution < 1.29 is 14.3 Å². The fourth-order valence-electron chi connectivity index (χ4n) is 4.29. The first kappa shape index (κ1) is 20.6. The monoisotopic (exact) mass is 443 g/mol. The molecular weight excluding hydrogens is 425 g/mol. The Morgan fingerprint density at radius 1 is 1.33 bits per heavy atom. The average molecular weight is 443 g/mol. The molecule has 3 aromatic rings. The highest BCUT2D eigenvalue weighted by Gasteiger charge is 2.33. The second kappa shape index (κ2) is 8.01. The van der Waals surface area contributed by atoms with Crippen molar-refractivity contribution in [2.24, 2.45) is 0 Å². The van der Waals surface area contributed by atoms with Crippen molar-refractivity contribution >= 4 is 11.7 Å². The van der Waals surface area contributed by atoms with E-state index in [4.69, 9.17) is 6.57 Å². The van der Waals surface area contributed by atoms with E-state index in [0.29, 0.717) is 35.7 Å². The molecule has 4 heterocycles. The van der Waals surface area contributed by atoms with Crippen LogP contribution in [0.5, 0.6) is 0 Å². The first-order valence-corrected chi connectivity index (χ1v) is 10.4. The maximum absolute atomic E-state index is 14.7. The molecule has 0 saturated carbocycles. The van der Waals surface area contributed by atoms with Crippen LogP contribution in [0.4, 0.5) is 10.2 Å². The number of aliphatic hydroxyl groups is 1. The minimum Gasteiger partial charge on any atom is -0.383 e. The number of carbonyl (C=O) groups excluding carboxylic acids is 1. The zero-order valence-electron chi connectivity index (χ0n) is 17.4. The molecular formula is C23H18FN7O2. The van der Waals surface area contributed by atoms with E-state index < -0.39 is 18.0 Å². The van der Waals surface area contributed by atoms with Crippen molar-refractivity contribution in [2.75, 3.05) is 18.0 Å². The molecule has 1 fully saturated rings. The third-order valence-corrected chi connectivity index (χ3v) is 5.97. The van der Waals surface area contributed by atoms with Gasteiger partial charge in [0, 0.05) is 25.2 Å². The molecule has 10 heteroatoms. The third-order valence-electron chi connectivity index (χ3n) is 5.97. The number of pyridine rings is 1. The molecule has 0 bridgehead atoms. The first-order valence-electron chi connectivity index (χ1n) is 10.4. The normalized spacial score (nSPS) is 19.5. The minimum absolute atomic E-state index is 0.0696. The molecule has 9 nitrogen and oxygen atoms in total. The van der Waals surface area contributed by atoms with Gasteiger partial charge >= 0.3 is 0 Å². The number of hydrogen-bond acceptors (Lipinski definition) is 6. The van der Waals surface area contributed by atoms with Crippen LogP contribution in [0.25, 0.3) is 21.8 Å². The summed E-state index contributed by atoms with van der Waals surface area (Å²) in [5, 5.41) is 27.0. The Morgan fingerprint density at radius 2 is 2.18 bits per heavy atom. The van der Waals surface area contributed by atoms with Gasteiger partial charge in [0.25, 0.3) is 11.9 Å². The van der Waals surface area contributed by atoms with Crippen molar-refractivity contribution in [3.05, 3.63) is 70.6 Å². The maximum Gasteiger partial charge on any atom is 0.255 e. The van der Waals surface area contributed by atoms with Gasteiger partial charge in [0.05, 0.1) is 52.9 Å². The number of nitriles is 1. The van der Waals surface area contributed by atoms with Gasteiger partial charge in [0.2, 0.25) is 0 Å². The molecule has 33 heavy (non-hydrogen) atoms. The zero-order valence-corrected chi connectivity index (χ0v) is 17.4. The summed E-state index contributed by atoms with van der Waals surface area (Å²) in [5.41, 5.74) is 1.66. The number of piperidine rings is 1. The quantitative estimate of drug-likeness (QED) is 0.600. The van der Waals surface area contributed by atoms with Crippen molar-refractivity contribution in [2.45, 2.75) is 25.1 Å². The number of benzene rings is 1. The molecule has 2 aromatic heterocycles. The lowest BCUT2D eigenvalue weighted by Gasteiger charge is -2.30. The van der Waals surface area contributed by atoms with E-state index in [1.807, 2.05) is 11.0 Å². The number of nitrogens with zero attached hydrogens (tertiary/aromatic N) is 6. The van der Waals surface area contributed by atoms with Crippen molar-refractivity contribution in [3.8, 4) is 23.0 Å². The molecule has 1 saturated heterocycles. The van der Waals surface area contributed by atoms with Crippen LogP contribution in [0.2, 0.25) is 0 Å². The molecule has 2 N–H and O–H groups in total. The van der Waals surface area contributed by atoms with E-state index >= 15 is 0 Å². The number of rotatable bonds is 3. The van der Waals surface area contributed by atoms with Crippen LogP contribution in [0, 0.1) is 23.7 Å². The van der Waals surface area contributed by atoms with Crippen LogP contribution in [0.15, 0.2) is 36.5 Å². The Labute approximate surface area is 188 Å². The summed E-state index contributed by atoms with van der Waals surface area (Å²) in [7, 11) is 0. The molecule has 0 spiro atoms. The standard InChI is InChI=1S/C23H18FN7O2/c1-26-15-5-7-30(12-19(15)32)20-6-8-31(29-20)18-9-16(28-17-11-27-23(33)22(17)18)21-13(10-25)3-2-4-14(21)24/h2-4,6,8-9,15,19,32H,5,7,11-12H2,(H,27,33)/t15-,19-/m1/s1. The van der Waals surface area contributed by atoms with Crippen LogP contribution in [0.3, 0.4) is 0 Å². The number of anilines is 1. The number of β-amino-alcohol motifs (C(OH)–C–C–N with tert-alkyl or cyclic N) is 1. The molecule has 164 valence electrons. The molecule has 1 aromatic carbocycles. The number of fused-ring (bicyclic) bond motifs is 1. The summed E-state index contributed by atoms with van der Waals surface area (Å²) in [6, 6.07) is 9.12. The van der Waals surface area contributed by atoms with Gasteiger partial charge in [0.15, 0.2) is 5.82 Å². The van der Waals surface area contributed by atoms with Gasteiger partial charge in [-0.3, -0.25) is 4.79 Å². The lowest BCUT2D eigenvalue weighted by atomic mass is 10.0. The number of aliphatic hydroxyl groups excluding tert-OH is 1. The van der Waals surface area contributed by atoms with Crippen molar-refractivity contribution in [1.29, 1.82) is 5.26 Å². The Kier molecular flexibility index (Phi) is 5.00. The Hall–Kier alpha value is -4.28. The number of carbonyl (C=O) groups is 1. The summed E-state index contributed by atoms with van der Waals surface area (Å²) in [5.74, 6) is -0.299. The number of hydrogen-bond donors (Lipinski definition) is 2. The molecule has 2 aliphatic rings. The van der Waals surface area contributed by atoms with Gasteiger partial charge in [-0.05, 0) is 18.2 Å². The van der Waals surface area contributed by atoms with Gasteiger partial charge in [-0.25, -0.2) is 20.6 Å². The summed E-state index contributed by atoms with van der Waals surface area (Å²) < 4.78 is 16.2. The average Bonchev–Trinajstić information content (AvgIpc) is 3.46. The predicted octanol–water partition coefficient (Wildman–Crippen LogP) is 2.05. The molecule has 0 radical (unpaired) electrons. The van der Waals surface area contributed by atoms with Crippen LogP contribution in [-0.4, -0.2) is 51.0 Å². The number of halogens is 1. The Bertz CT molecular complexity index is 1350. The lowest BCUT2D eigenvalue weighted by molar-refractivity contribution is 0.0965. The van der Waals surface area contributed by atoms with E-state index in [9.17, 15) is 19.6 Å². The van der Waals surface area contributed by atoms with Gasteiger partial charge in [-0.1, -0.05) is 6.07 Å². The van der Waals surface area contributed by atoms with Gasteiger partial charge in [-0.2, -0.15) is 10.4 Å². The number of nitrogens with one attached hydrogen (secondary N) is 1. The van der Waals surface area contributed by atoms with Crippen LogP contribution >= 0.6 is 0 Å². The van der Waals surface area contributed by atoms with Gasteiger partial charge in [0.1, 0.15) is 11.9 Å². The highest BCUT2D eigenvalue weighted by atomic mass is 19.1. The first-order chi connectivity index (χ1) is 16.0. The van der Waals surface area contributed by atoms with E-state index in [0.717, 1.165) is 0 Å². The zero-order chi connectivity index (χ0) is 23.1. The molecule has 2 atom stereocenters. The lowest BCUT2D eigenvalue weighted by Crippen LogP contribution is -2.45. The smallest absolute Gasteiger partial charge is 0.255 e. The highest BCUT2D eigenvalue weighted by molar-refractivity contribution is 6.01. The molecule has 0 aliphatic carbocycles. The fraction of sp³-hybridized carbons (Fsp3) is 0.261. The van der Waals surface area contributed by atoms with Gasteiger partial charge in [-0.15, -0.1) is 0 Å². The topological polar surface area (TPSA) is 111 Å². The van der Waals surface area contributed by atoms with E-state index in [-0.39, 0.29) is 35.8 Å². The summed E-state index contributed by atoms with van der Waals surface area (Å²) in [4.78, 5) is 22.3. The number of aromatic nitrogens is 3. The second-order valence-corrected chi connectivity index (χ2v) is 7.92. The molecule has 1 amide bonds. The van der Waals surface area contributed by atoms with Crippen LogP contribution < -0.4 is 10.2 Å². The summed E-state index contributed by atoms with van der Waals surface area (Å²) in [6.07, 6.45) is 1.44. The Morgan fingerprint density at radius 3 is 2.94 bits per heavy atom. The fourth-order valence-corrected chi connectivity index (χ4v) is 4.29. The van der Waals surface area contributed by atoms with Crippen molar-refractivity contribution in [3.63, 3.8) is 0 Å². The molecule has 5 rings (SSSR count).